The summed E-state index contributed by atoms with van der Waals surface area (Å²) in [4.78, 5) is 55.6. The highest BCUT2D eigenvalue weighted by molar-refractivity contribution is 5.98. The van der Waals surface area contributed by atoms with Crippen LogP contribution in [0.1, 0.15) is 83.9 Å². The third-order valence-corrected chi connectivity index (χ3v) is 6.27. The molecule has 12 heteroatoms. The molecule has 0 unspecified atom stereocenters. The van der Waals surface area contributed by atoms with E-state index in [4.69, 9.17) is 9.15 Å². The van der Waals surface area contributed by atoms with Gasteiger partial charge in [-0.2, -0.15) is 0 Å². The van der Waals surface area contributed by atoms with E-state index >= 15 is 0 Å². The molecule has 1 aliphatic rings. The van der Waals surface area contributed by atoms with Crippen molar-refractivity contribution in [1.82, 2.24) is 24.8 Å². The van der Waals surface area contributed by atoms with Gasteiger partial charge in [0.05, 0.1) is 24.7 Å². The summed E-state index contributed by atoms with van der Waals surface area (Å²) < 4.78 is 10.9. The zero-order valence-electron chi connectivity index (χ0n) is 24.7. The summed E-state index contributed by atoms with van der Waals surface area (Å²) in [5.74, 6) is -0.859. The largest absolute Gasteiger partial charge is 0.481 e. The van der Waals surface area contributed by atoms with Gasteiger partial charge in [0.25, 0.3) is 5.91 Å². The molecule has 3 rings (SSSR count). The minimum Gasteiger partial charge on any atom is -0.481 e. The first-order valence-corrected chi connectivity index (χ1v) is 13.6. The summed E-state index contributed by atoms with van der Waals surface area (Å²) in [6.07, 6.45) is 4.10. The van der Waals surface area contributed by atoms with Gasteiger partial charge in [-0.3, -0.25) is 9.59 Å². The summed E-state index contributed by atoms with van der Waals surface area (Å²) >= 11 is 0. The molecule has 2 aromatic rings. The van der Waals surface area contributed by atoms with Crippen LogP contribution >= 0.6 is 0 Å². The molecule has 40 heavy (non-hydrogen) atoms. The molecular weight excluding hydrogens is 516 g/mol. The Labute approximate surface area is 235 Å². The number of anilines is 1. The zero-order chi connectivity index (χ0) is 29.8. The van der Waals surface area contributed by atoms with E-state index in [-0.39, 0.29) is 48.9 Å². The highest BCUT2D eigenvalue weighted by Gasteiger charge is 2.40. The van der Waals surface area contributed by atoms with Crippen molar-refractivity contribution in [3.63, 3.8) is 0 Å². The van der Waals surface area contributed by atoms with Crippen molar-refractivity contribution in [1.29, 1.82) is 0 Å². The van der Waals surface area contributed by atoms with Gasteiger partial charge in [0.15, 0.2) is 0 Å². The van der Waals surface area contributed by atoms with Gasteiger partial charge in [-0.15, -0.1) is 0 Å². The Balaban J connectivity index is 1.99. The van der Waals surface area contributed by atoms with Gasteiger partial charge in [0.1, 0.15) is 29.1 Å². The van der Waals surface area contributed by atoms with Crippen molar-refractivity contribution >= 4 is 23.8 Å². The average Bonchev–Trinajstić information content (AvgIpc) is 3.37. The van der Waals surface area contributed by atoms with Crippen LogP contribution in [0.5, 0.6) is 0 Å². The number of oxazole rings is 1. The maximum atomic E-state index is 14.2. The van der Waals surface area contributed by atoms with Crippen molar-refractivity contribution in [3.8, 4) is 0 Å². The average molecular weight is 559 g/mol. The summed E-state index contributed by atoms with van der Waals surface area (Å²) in [7, 11) is 0. The molecule has 1 aliphatic heterocycles. The third-order valence-electron chi connectivity index (χ3n) is 6.27. The van der Waals surface area contributed by atoms with Gasteiger partial charge in [-0.1, -0.05) is 34.6 Å². The standard InChI is InChI=1S/C28H42N6O6/c1-17(2)14-34(19-11-18(24(36)37)15-33(16-19)26(38)40-28(6,7)8)23(35)20-12-31-25(27(3,4)5)32-22(20)30-13-21-29-9-10-39-21/h9-10,12,17-19H,11,13-16H2,1-8H3,(H,36,37)(H,30,31,32)/t18-,19+/m1/s1. The fraction of sp³-hybridized carbons (Fsp3) is 0.643. The van der Waals surface area contributed by atoms with Crippen LogP contribution in [-0.4, -0.2) is 79.1 Å². The Hall–Kier alpha value is -3.70. The van der Waals surface area contributed by atoms with E-state index in [1.165, 1.54) is 23.6 Å². The SMILES string of the molecule is CC(C)CN(C(=O)c1cnc(C(C)(C)C)nc1NCc1ncco1)[C@H]1C[C@@H](C(=O)O)CN(C(=O)OC(C)(C)C)C1. The molecule has 12 nitrogen and oxygen atoms in total. The predicted molar refractivity (Wildman–Crippen MR) is 148 cm³/mol. The highest BCUT2D eigenvalue weighted by atomic mass is 16.6. The van der Waals surface area contributed by atoms with Crippen LogP contribution in [0.4, 0.5) is 10.6 Å². The van der Waals surface area contributed by atoms with Crippen LogP contribution in [0, 0.1) is 11.8 Å². The topological polar surface area (TPSA) is 151 Å². The molecule has 1 fully saturated rings. The number of nitrogens with one attached hydrogen (secondary N) is 1. The highest BCUT2D eigenvalue weighted by Crippen LogP contribution is 2.28. The van der Waals surface area contributed by atoms with Gasteiger partial charge in [-0.05, 0) is 33.1 Å². The Morgan fingerprint density at radius 2 is 1.88 bits per heavy atom. The van der Waals surface area contributed by atoms with Crippen molar-refractivity contribution < 1.29 is 28.6 Å². The van der Waals surface area contributed by atoms with Crippen LogP contribution < -0.4 is 5.32 Å². The van der Waals surface area contributed by atoms with E-state index in [2.05, 4.69) is 20.3 Å². The molecule has 2 atom stereocenters. The second-order valence-electron chi connectivity index (χ2n) is 12.6. The van der Waals surface area contributed by atoms with Crippen molar-refractivity contribution in [2.75, 3.05) is 25.0 Å². The minimum atomic E-state index is -1.03. The monoisotopic (exact) mass is 558 g/mol. The Bertz CT molecular complexity index is 1180. The number of carbonyl (C=O) groups is 3. The number of carbonyl (C=O) groups excluding carboxylic acids is 2. The Morgan fingerprint density at radius 3 is 2.42 bits per heavy atom. The van der Waals surface area contributed by atoms with Crippen molar-refractivity contribution in [3.05, 3.63) is 35.9 Å². The number of piperidine rings is 1. The molecule has 0 bridgehead atoms. The fourth-order valence-corrected chi connectivity index (χ4v) is 4.43. The summed E-state index contributed by atoms with van der Waals surface area (Å²) in [5, 5.41) is 13.1. The lowest BCUT2D eigenvalue weighted by Crippen LogP contribution is -2.56. The first-order valence-electron chi connectivity index (χ1n) is 13.6. The van der Waals surface area contributed by atoms with Gasteiger partial charge in [0, 0.05) is 31.2 Å². The van der Waals surface area contributed by atoms with E-state index in [0.29, 0.717) is 24.1 Å². The van der Waals surface area contributed by atoms with E-state index in [0.717, 1.165) is 0 Å². The molecule has 0 radical (unpaired) electrons. The molecule has 0 aromatic carbocycles. The van der Waals surface area contributed by atoms with E-state index in [1.54, 1.807) is 25.7 Å². The summed E-state index contributed by atoms with van der Waals surface area (Å²) in [6, 6.07) is -0.556. The normalized spacial score (nSPS) is 18.0. The minimum absolute atomic E-state index is 0.0107. The molecule has 3 heterocycles. The zero-order valence-corrected chi connectivity index (χ0v) is 24.7. The van der Waals surface area contributed by atoms with Gasteiger partial charge >= 0.3 is 12.1 Å². The molecule has 2 amide bonds. The summed E-state index contributed by atoms with van der Waals surface area (Å²) in [6.45, 7) is 15.9. The van der Waals surface area contributed by atoms with Gasteiger partial charge in [-0.25, -0.2) is 19.7 Å². The molecular formula is C28H42N6O6. The number of rotatable bonds is 8. The Morgan fingerprint density at radius 1 is 1.18 bits per heavy atom. The number of hydrogen-bond acceptors (Lipinski definition) is 9. The first-order chi connectivity index (χ1) is 18.5. The summed E-state index contributed by atoms with van der Waals surface area (Å²) in [5.41, 5.74) is -0.877. The van der Waals surface area contributed by atoms with Gasteiger partial charge in [0.2, 0.25) is 5.89 Å². The first kappa shape index (κ1) is 30.8. The third kappa shape index (κ3) is 8.15. The van der Waals surface area contributed by atoms with Crippen molar-refractivity contribution in [2.24, 2.45) is 11.8 Å². The molecule has 0 spiro atoms. The van der Waals surface area contributed by atoms with Crippen LogP contribution in [-0.2, 0) is 21.5 Å². The molecule has 0 saturated carbocycles. The number of carboxylic acid groups (broad SMARTS) is 1. The molecule has 1 saturated heterocycles. The number of ether oxygens (including phenoxy) is 1. The lowest BCUT2D eigenvalue weighted by molar-refractivity contribution is -0.144. The molecule has 2 aromatic heterocycles. The predicted octanol–water partition coefficient (Wildman–Crippen LogP) is 4.18. The van der Waals surface area contributed by atoms with E-state index < -0.39 is 29.6 Å². The van der Waals surface area contributed by atoms with Crippen LogP contribution in [0.25, 0.3) is 0 Å². The lowest BCUT2D eigenvalue weighted by Gasteiger charge is -2.42. The number of amides is 2. The number of nitrogens with zero attached hydrogens (tertiary/aromatic N) is 5. The number of aliphatic carboxylic acids is 1. The van der Waals surface area contributed by atoms with Crippen LogP contribution in [0.3, 0.4) is 0 Å². The van der Waals surface area contributed by atoms with E-state index in [9.17, 15) is 19.5 Å². The van der Waals surface area contributed by atoms with Crippen LogP contribution in [0.2, 0.25) is 0 Å². The van der Waals surface area contributed by atoms with Crippen LogP contribution in [0.15, 0.2) is 23.1 Å². The fourth-order valence-electron chi connectivity index (χ4n) is 4.43. The molecule has 2 N–H and O–H groups in total. The number of likely N-dealkylation sites (tertiary alicyclic amines) is 1. The second-order valence-corrected chi connectivity index (χ2v) is 12.6. The Kier molecular flexibility index (Phi) is 9.42. The smallest absolute Gasteiger partial charge is 0.410 e. The number of aromatic nitrogens is 3. The number of carboxylic acids is 1. The van der Waals surface area contributed by atoms with Crippen molar-refractivity contribution in [2.45, 2.75) is 85.4 Å². The van der Waals surface area contributed by atoms with E-state index in [1.807, 2.05) is 34.6 Å². The maximum absolute atomic E-state index is 14.2. The number of hydrogen-bond donors (Lipinski definition) is 2. The lowest BCUT2D eigenvalue weighted by atomic mass is 9.92. The maximum Gasteiger partial charge on any atom is 0.410 e. The van der Waals surface area contributed by atoms with Gasteiger partial charge < -0.3 is 29.4 Å². The second kappa shape index (κ2) is 12.2. The quantitative estimate of drug-likeness (QED) is 0.483. The molecule has 0 aliphatic carbocycles. The molecule has 220 valence electrons.